The number of halogens is 3. The Balaban J connectivity index is 2.73. The van der Waals surface area contributed by atoms with E-state index in [0.717, 1.165) is 12.1 Å². The number of benzene rings is 1. The normalized spacial score (nSPS) is 14.9. The lowest BCUT2D eigenvalue weighted by Crippen LogP contribution is -2.47. The van der Waals surface area contributed by atoms with Gasteiger partial charge in [0.15, 0.2) is 0 Å². The lowest BCUT2D eigenvalue weighted by atomic mass is 10.1. The molecule has 0 bridgehead atoms. The van der Waals surface area contributed by atoms with Crippen LogP contribution in [0.15, 0.2) is 24.3 Å². The van der Waals surface area contributed by atoms with Crippen molar-refractivity contribution >= 4 is 5.91 Å². The van der Waals surface area contributed by atoms with E-state index in [4.69, 9.17) is 0 Å². The molecule has 1 aromatic rings. The minimum Gasteiger partial charge on any atom is -0.387 e. The number of nitrogens with one attached hydrogen (secondary N) is 1. The Morgan fingerprint density at radius 2 is 1.95 bits per heavy atom. The topological polar surface area (TPSA) is 52.6 Å². The SMILES string of the molecule is CN(C)CC(C)(O)CNC(=O)c1cccc(C(F)(F)F)c1. The quantitative estimate of drug-likeness (QED) is 0.871. The van der Waals surface area contributed by atoms with E-state index in [2.05, 4.69) is 5.32 Å². The summed E-state index contributed by atoms with van der Waals surface area (Å²) in [4.78, 5) is 13.6. The number of nitrogens with zero attached hydrogens (tertiary/aromatic N) is 1. The fourth-order valence-corrected chi connectivity index (χ4v) is 1.95. The molecule has 7 heteroatoms. The average Bonchev–Trinajstić information content (AvgIpc) is 2.33. The van der Waals surface area contributed by atoms with Gasteiger partial charge in [0.1, 0.15) is 0 Å². The first kappa shape index (κ1) is 17.5. The van der Waals surface area contributed by atoms with Crippen molar-refractivity contribution in [2.45, 2.75) is 18.7 Å². The Kier molecular flexibility index (Phi) is 5.36. The van der Waals surface area contributed by atoms with Crippen LogP contribution in [-0.4, -0.2) is 48.7 Å². The van der Waals surface area contributed by atoms with Crippen LogP contribution in [0.1, 0.15) is 22.8 Å². The van der Waals surface area contributed by atoms with Gasteiger partial charge in [0.05, 0.1) is 11.2 Å². The maximum atomic E-state index is 12.6. The standard InChI is InChI=1S/C14H19F3N2O2/c1-13(21,9-19(2)3)8-18-12(20)10-5-4-6-11(7-10)14(15,16)17/h4-7,21H,8-9H2,1-3H3,(H,18,20). The van der Waals surface area contributed by atoms with E-state index in [-0.39, 0.29) is 12.1 Å². The van der Waals surface area contributed by atoms with Crippen molar-refractivity contribution in [3.05, 3.63) is 35.4 Å². The zero-order valence-corrected chi connectivity index (χ0v) is 12.2. The second kappa shape index (κ2) is 6.44. The smallest absolute Gasteiger partial charge is 0.387 e. The maximum absolute atomic E-state index is 12.6. The highest BCUT2D eigenvalue weighted by molar-refractivity contribution is 5.94. The zero-order chi connectivity index (χ0) is 16.3. The Morgan fingerprint density at radius 3 is 2.48 bits per heavy atom. The molecular weight excluding hydrogens is 285 g/mol. The number of rotatable bonds is 5. The lowest BCUT2D eigenvalue weighted by Gasteiger charge is -2.27. The number of likely N-dealkylation sites (N-methyl/N-ethyl adjacent to an activating group) is 1. The van der Waals surface area contributed by atoms with Crippen LogP contribution in [0.25, 0.3) is 0 Å². The van der Waals surface area contributed by atoms with Gasteiger partial charge in [-0.25, -0.2) is 0 Å². The van der Waals surface area contributed by atoms with Gasteiger partial charge in [-0.1, -0.05) is 6.07 Å². The molecule has 1 amide bonds. The minimum atomic E-state index is -4.49. The van der Waals surface area contributed by atoms with E-state index in [0.29, 0.717) is 6.54 Å². The Hall–Kier alpha value is -1.60. The van der Waals surface area contributed by atoms with Gasteiger partial charge >= 0.3 is 6.18 Å². The van der Waals surface area contributed by atoms with Gasteiger partial charge in [0, 0.05) is 18.7 Å². The van der Waals surface area contributed by atoms with Gasteiger partial charge in [0.2, 0.25) is 0 Å². The molecule has 0 aromatic heterocycles. The summed E-state index contributed by atoms with van der Waals surface area (Å²) in [5.41, 5.74) is -2.14. The Labute approximate surface area is 121 Å². The largest absolute Gasteiger partial charge is 0.416 e. The molecule has 0 radical (unpaired) electrons. The fraction of sp³-hybridized carbons (Fsp3) is 0.500. The van der Waals surface area contributed by atoms with Gasteiger partial charge in [0.25, 0.3) is 5.91 Å². The van der Waals surface area contributed by atoms with E-state index in [1.165, 1.54) is 12.1 Å². The molecule has 0 saturated carbocycles. The molecule has 0 spiro atoms. The number of alkyl halides is 3. The second-order valence-electron chi connectivity index (χ2n) is 5.50. The third kappa shape index (κ3) is 5.73. The van der Waals surface area contributed by atoms with Crippen molar-refractivity contribution in [2.24, 2.45) is 0 Å². The molecule has 0 aliphatic heterocycles. The molecule has 1 rings (SSSR count). The van der Waals surface area contributed by atoms with Crippen LogP contribution in [0.3, 0.4) is 0 Å². The average molecular weight is 304 g/mol. The van der Waals surface area contributed by atoms with Gasteiger partial charge in [-0.05, 0) is 39.2 Å². The Morgan fingerprint density at radius 1 is 1.33 bits per heavy atom. The molecule has 118 valence electrons. The first-order chi connectivity index (χ1) is 9.51. The van der Waals surface area contributed by atoms with E-state index < -0.39 is 23.2 Å². The molecule has 21 heavy (non-hydrogen) atoms. The predicted octanol–water partition coefficient (Wildman–Crippen LogP) is 1.75. The van der Waals surface area contributed by atoms with Crippen molar-refractivity contribution in [3.8, 4) is 0 Å². The first-order valence-electron chi connectivity index (χ1n) is 6.34. The monoisotopic (exact) mass is 304 g/mol. The predicted molar refractivity (Wildman–Crippen MR) is 73.0 cm³/mol. The van der Waals surface area contributed by atoms with Crippen LogP contribution in [0, 0.1) is 0 Å². The molecule has 0 aliphatic carbocycles. The van der Waals surface area contributed by atoms with Gasteiger partial charge in [-0.15, -0.1) is 0 Å². The van der Waals surface area contributed by atoms with E-state index in [9.17, 15) is 23.1 Å². The molecule has 1 unspecified atom stereocenters. The third-order valence-corrected chi connectivity index (χ3v) is 2.74. The highest BCUT2D eigenvalue weighted by Crippen LogP contribution is 2.29. The summed E-state index contributed by atoms with van der Waals surface area (Å²) in [7, 11) is 3.53. The molecule has 1 atom stereocenters. The summed E-state index contributed by atoms with van der Waals surface area (Å²) in [6.07, 6.45) is -4.49. The van der Waals surface area contributed by atoms with Crippen molar-refractivity contribution in [3.63, 3.8) is 0 Å². The third-order valence-electron chi connectivity index (χ3n) is 2.74. The van der Waals surface area contributed by atoms with Crippen molar-refractivity contribution in [1.82, 2.24) is 10.2 Å². The molecule has 0 fully saturated rings. The summed E-state index contributed by atoms with van der Waals surface area (Å²) in [5.74, 6) is -0.653. The second-order valence-corrected chi connectivity index (χ2v) is 5.50. The fourth-order valence-electron chi connectivity index (χ4n) is 1.95. The van der Waals surface area contributed by atoms with Crippen LogP contribution in [-0.2, 0) is 6.18 Å². The Bertz CT molecular complexity index is 499. The van der Waals surface area contributed by atoms with E-state index >= 15 is 0 Å². The summed E-state index contributed by atoms with van der Waals surface area (Å²) < 4.78 is 37.7. The zero-order valence-electron chi connectivity index (χ0n) is 12.2. The summed E-state index contributed by atoms with van der Waals surface area (Å²) in [5, 5.41) is 12.5. The van der Waals surface area contributed by atoms with Crippen molar-refractivity contribution in [2.75, 3.05) is 27.2 Å². The van der Waals surface area contributed by atoms with Gasteiger partial charge in [-0.2, -0.15) is 13.2 Å². The van der Waals surface area contributed by atoms with Gasteiger partial charge < -0.3 is 15.3 Å². The van der Waals surface area contributed by atoms with Crippen molar-refractivity contribution < 1.29 is 23.1 Å². The van der Waals surface area contributed by atoms with Crippen LogP contribution in [0.5, 0.6) is 0 Å². The number of hydrogen-bond donors (Lipinski definition) is 2. The number of carbonyl (C=O) groups excluding carboxylic acids is 1. The lowest BCUT2D eigenvalue weighted by molar-refractivity contribution is -0.137. The van der Waals surface area contributed by atoms with Crippen LogP contribution in [0.2, 0.25) is 0 Å². The number of amides is 1. The van der Waals surface area contributed by atoms with Crippen molar-refractivity contribution in [1.29, 1.82) is 0 Å². The molecule has 2 N–H and O–H groups in total. The summed E-state index contributed by atoms with van der Waals surface area (Å²) >= 11 is 0. The summed E-state index contributed by atoms with van der Waals surface area (Å²) in [6.45, 7) is 1.80. The van der Waals surface area contributed by atoms with Crippen LogP contribution in [0.4, 0.5) is 13.2 Å². The highest BCUT2D eigenvalue weighted by Gasteiger charge is 2.31. The molecule has 0 aliphatic rings. The van der Waals surface area contributed by atoms with Gasteiger partial charge in [-0.3, -0.25) is 4.79 Å². The van der Waals surface area contributed by atoms with E-state index in [1.807, 2.05) is 0 Å². The number of aliphatic hydroxyl groups is 1. The maximum Gasteiger partial charge on any atom is 0.416 e. The summed E-state index contributed by atoms with van der Waals surface area (Å²) in [6, 6.07) is 4.16. The molecule has 4 nitrogen and oxygen atoms in total. The molecule has 0 saturated heterocycles. The van der Waals surface area contributed by atoms with Crippen LogP contribution >= 0.6 is 0 Å². The number of carbonyl (C=O) groups is 1. The first-order valence-corrected chi connectivity index (χ1v) is 6.34. The number of hydrogen-bond acceptors (Lipinski definition) is 3. The molecular formula is C14H19F3N2O2. The van der Waals surface area contributed by atoms with E-state index in [1.54, 1.807) is 25.9 Å². The molecule has 0 heterocycles. The van der Waals surface area contributed by atoms with Crippen LogP contribution < -0.4 is 5.32 Å². The minimum absolute atomic E-state index is 0.0553. The molecule has 1 aromatic carbocycles. The highest BCUT2D eigenvalue weighted by atomic mass is 19.4.